The van der Waals surface area contributed by atoms with Crippen LogP contribution in [0.2, 0.25) is 0 Å². The number of methoxy groups -OCH3 is 2. The lowest BCUT2D eigenvalue weighted by atomic mass is 10.1. The number of nitrogens with zero attached hydrogens (tertiary/aromatic N) is 3. The molecule has 1 amide bonds. The van der Waals surface area contributed by atoms with E-state index < -0.39 is 0 Å². The molecule has 0 N–H and O–H groups in total. The van der Waals surface area contributed by atoms with Crippen molar-refractivity contribution in [2.45, 2.75) is 18.9 Å². The Bertz CT molecular complexity index is 997. The van der Waals surface area contributed by atoms with Crippen molar-refractivity contribution >= 4 is 5.91 Å². The van der Waals surface area contributed by atoms with Crippen LogP contribution in [0, 0.1) is 5.82 Å². The van der Waals surface area contributed by atoms with E-state index in [1.807, 2.05) is 0 Å². The molecule has 1 atom stereocenters. The molecule has 1 saturated heterocycles. The summed E-state index contributed by atoms with van der Waals surface area (Å²) in [6.45, 7) is 0.892. The number of likely N-dealkylation sites (tertiary alicyclic amines) is 1. The van der Waals surface area contributed by atoms with Crippen LogP contribution in [-0.4, -0.2) is 41.7 Å². The standard InChI is InChI=1S/C21H20FN3O4/c1-27-17-7-14(8-18(10-17)28-2)20-23-21(29-24-20)15-9-19(26)25(12-15)11-13-3-5-16(22)6-4-13/h3-8,10,15H,9,11-12H2,1-2H3. The summed E-state index contributed by atoms with van der Waals surface area (Å²) in [5.74, 6) is 1.57. The molecule has 29 heavy (non-hydrogen) atoms. The first-order chi connectivity index (χ1) is 14.1. The third-order valence-electron chi connectivity index (χ3n) is 4.90. The zero-order valence-corrected chi connectivity index (χ0v) is 16.1. The van der Waals surface area contributed by atoms with Gasteiger partial charge in [-0.3, -0.25) is 4.79 Å². The lowest BCUT2D eigenvalue weighted by Gasteiger charge is -2.15. The lowest BCUT2D eigenvalue weighted by molar-refractivity contribution is -0.128. The maximum Gasteiger partial charge on any atom is 0.232 e. The van der Waals surface area contributed by atoms with Crippen LogP contribution in [0.25, 0.3) is 11.4 Å². The Morgan fingerprint density at radius 2 is 1.83 bits per heavy atom. The van der Waals surface area contributed by atoms with Gasteiger partial charge in [0.1, 0.15) is 17.3 Å². The Balaban J connectivity index is 1.50. The molecule has 8 heteroatoms. The van der Waals surface area contributed by atoms with Crippen molar-refractivity contribution in [1.29, 1.82) is 0 Å². The second-order valence-corrected chi connectivity index (χ2v) is 6.86. The number of hydrogen-bond acceptors (Lipinski definition) is 6. The molecule has 3 aromatic rings. The average molecular weight is 397 g/mol. The van der Waals surface area contributed by atoms with Gasteiger partial charge >= 0.3 is 0 Å². The van der Waals surface area contributed by atoms with Crippen LogP contribution < -0.4 is 9.47 Å². The summed E-state index contributed by atoms with van der Waals surface area (Å²) in [7, 11) is 3.14. The summed E-state index contributed by atoms with van der Waals surface area (Å²) < 4.78 is 29.1. The van der Waals surface area contributed by atoms with Gasteiger partial charge in [0, 0.05) is 31.1 Å². The monoisotopic (exact) mass is 397 g/mol. The van der Waals surface area contributed by atoms with Gasteiger partial charge in [-0.15, -0.1) is 0 Å². The minimum absolute atomic E-state index is 0.00197. The van der Waals surface area contributed by atoms with E-state index in [1.165, 1.54) is 12.1 Å². The second kappa shape index (κ2) is 7.90. The van der Waals surface area contributed by atoms with Gasteiger partial charge in [-0.25, -0.2) is 4.39 Å². The Kier molecular flexibility index (Phi) is 5.16. The van der Waals surface area contributed by atoms with Gasteiger partial charge in [0.2, 0.25) is 17.6 Å². The van der Waals surface area contributed by atoms with Gasteiger partial charge < -0.3 is 18.9 Å². The Hall–Kier alpha value is -3.42. The summed E-state index contributed by atoms with van der Waals surface area (Å²) in [4.78, 5) is 18.6. The summed E-state index contributed by atoms with van der Waals surface area (Å²) in [6.07, 6.45) is 0.296. The van der Waals surface area contributed by atoms with Crippen molar-refractivity contribution in [1.82, 2.24) is 15.0 Å². The fourth-order valence-corrected chi connectivity index (χ4v) is 3.36. The van der Waals surface area contributed by atoms with Gasteiger partial charge in [-0.1, -0.05) is 17.3 Å². The largest absolute Gasteiger partial charge is 0.497 e. The van der Waals surface area contributed by atoms with Crippen molar-refractivity contribution in [2.75, 3.05) is 20.8 Å². The van der Waals surface area contributed by atoms with Crippen LogP contribution in [0.5, 0.6) is 11.5 Å². The number of rotatable bonds is 6. The zero-order valence-electron chi connectivity index (χ0n) is 16.1. The molecule has 1 aliphatic rings. The number of amides is 1. The fourth-order valence-electron chi connectivity index (χ4n) is 3.36. The molecule has 2 aromatic carbocycles. The van der Waals surface area contributed by atoms with E-state index >= 15 is 0 Å². The van der Waals surface area contributed by atoms with Crippen molar-refractivity contribution < 1.29 is 23.2 Å². The van der Waals surface area contributed by atoms with E-state index in [2.05, 4.69) is 10.1 Å². The second-order valence-electron chi connectivity index (χ2n) is 6.86. The topological polar surface area (TPSA) is 77.7 Å². The third-order valence-corrected chi connectivity index (χ3v) is 4.90. The minimum atomic E-state index is -0.299. The number of halogens is 1. The van der Waals surface area contributed by atoms with Crippen LogP contribution in [0.1, 0.15) is 23.8 Å². The molecule has 7 nitrogen and oxygen atoms in total. The normalized spacial score (nSPS) is 16.3. The van der Waals surface area contributed by atoms with Gasteiger partial charge in [0.15, 0.2) is 0 Å². The molecular weight excluding hydrogens is 377 g/mol. The number of hydrogen-bond donors (Lipinski definition) is 0. The van der Waals surface area contributed by atoms with Crippen LogP contribution >= 0.6 is 0 Å². The Morgan fingerprint density at radius 1 is 1.14 bits per heavy atom. The molecule has 0 radical (unpaired) electrons. The van der Waals surface area contributed by atoms with E-state index in [0.717, 1.165) is 5.56 Å². The van der Waals surface area contributed by atoms with Gasteiger partial charge in [0.05, 0.1) is 20.1 Å². The fraction of sp³-hybridized carbons (Fsp3) is 0.286. The van der Waals surface area contributed by atoms with Crippen molar-refractivity contribution in [2.24, 2.45) is 0 Å². The van der Waals surface area contributed by atoms with Gasteiger partial charge in [-0.2, -0.15) is 4.98 Å². The zero-order chi connectivity index (χ0) is 20.4. The highest BCUT2D eigenvalue weighted by Gasteiger charge is 2.34. The average Bonchev–Trinajstić information content (AvgIpc) is 3.36. The summed E-state index contributed by atoms with van der Waals surface area (Å²) in [5.41, 5.74) is 1.57. The number of benzene rings is 2. The van der Waals surface area contributed by atoms with Crippen LogP contribution in [-0.2, 0) is 11.3 Å². The van der Waals surface area contributed by atoms with E-state index in [-0.39, 0.29) is 17.6 Å². The summed E-state index contributed by atoms with van der Waals surface area (Å²) >= 11 is 0. The quantitative estimate of drug-likeness (QED) is 0.634. The van der Waals surface area contributed by atoms with Crippen LogP contribution in [0.15, 0.2) is 47.0 Å². The van der Waals surface area contributed by atoms with E-state index in [0.29, 0.717) is 48.3 Å². The highest BCUT2D eigenvalue weighted by molar-refractivity contribution is 5.79. The third kappa shape index (κ3) is 4.06. The number of carbonyl (C=O) groups excluding carboxylic acids is 1. The lowest BCUT2D eigenvalue weighted by Crippen LogP contribution is -2.24. The maximum absolute atomic E-state index is 13.1. The Labute approximate surface area is 167 Å². The Morgan fingerprint density at radius 3 is 2.48 bits per heavy atom. The van der Waals surface area contributed by atoms with Crippen LogP contribution in [0.3, 0.4) is 0 Å². The van der Waals surface area contributed by atoms with Crippen molar-refractivity contribution in [3.8, 4) is 22.9 Å². The van der Waals surface area contributed by atoms with Gasteiger partial charge in [0.25, 0.3) is 0 Å². The van der Waals surface area contributed by atoms with Crippen molar-refractivity contribution in [3.63, 3.8) is 0 Å². The summed E-state index contributed by atoms with van der Waals surface area (Å²) in [5, 5.41) is 4.06. The van der Waals surface area contributed by atoms with Crippen LogP contribution in [0.4, 0.5) is 4.39 Å². The summed E-state index contributed by atoms with van der Waals surface area (Å²) in [6, 6.07) is 11.5. The van der Waals surface area contributed by atoms with E-state index in [4.69, 9.17) is 14.0 Å². The molecule has 4 rings (SSSR count). The molecule has 1 aliphatic heterocycles. The highest BCUT2D eigenvalue weighted by atomic mass is 19.1. The number of ether oxygens (including phenoxy) is 2. The molecule has 1 aromatic heterocycles. The first kappa shape index (κ1) is 18.9. The molecule has 0 aliphatic carbocycles. The maximum atomic E-state index is 13.1. The predicted octanol–water partition coefficient (Wildman–Crippen LogP) is 3.41. The van der Waals surface area contributed by atoms with E-state index in [9.17, 15) is 9.18 Å². The first-order valence-electron chi connectivity index (χ1n) is 9.15. The highest BCUT2D eigenvalue weighted by Crippen LogP contribution is 2.32. The smallest absolute Gasteiger partial charge is 0.232 e. The van der Waals surface area contributed by atoms with E-state index in [1.54, 1.807) is 49.5 Å². The minimum Gasteiger partial charge on any atom is -0.497 e. The number of aromatic nitrogens is 2. The number of carbonyl (C=O) groups is 1. The SMILES string of the molecule is COc1cc(OC)cc(-c2noc(C3CC(=O)N(Cc4ccc(F)cc4)C3)n2)c1. The molecule has 0 bridgehead atoms. The molecular formula is C21H20FN3O4. The molecule has 150 valence electrons. The predicted molar refractivity (Wildman–Crippen MR) is 102 cm³/mol. The van der Waals surface area contributed by atoms with Crippen molar-refractivity contribution in [3.05, 3.63) is 59.7 Å². The molecule has 2 heterocycles. The molecule has 1 unspecified atom stereocenters. The van der Waals surface area contributed by atoms with Gasteiger partial charge in [-0.05, 0) is 29.8 Å². The first-order valence-corrected chi connectivity index (χ1v) is 9.15. The molecule has 0 saturated carbocycles. The molecule has 1 fully saturated rings. The molecule has 0 spiro atoms.